The van der Waals surface area contributed by atoms with Gasteiger partial charge in [-0.05, 0) is 25.5 Å². The van der Waals surface area contributed by atoms with Gasteiger partial charge in [-0.2, -0.15) is 0 Å². The third kappa shape index (κ3) is 2.19. The highest BCUT2D eigenvalue weighted by molar-refractivity contribution is 7.14. The normalized spacial score (nSPS) is 10.2. The molecule has 0 atom stereocenters. The van der Waals surface area contributed by atoms with Crippen LogP contribution in [0.2, 0.25) is 0 Å². The largest absolute Gasteiger partial charge is 0.297 e. The number of aldehydes is 1. The van der Waals surface area contributed by atoms with Gasteiger partial charge in [-0.25, -0.2) is 0 Å². The number of hydrogen-bond donors (Lipinski definition) is 0. The molecule has 0 aliphatic carbocycles. The molecule has 1 heterocycles. The van der Waals surface area contributed by atoms with Crippen LogP contribution in [0.25, 0.3) is 0 Å². The Balaban J connectivity index is 2.47. The Hall–Kier alpha value is -1.74. The van der Waals surface area contributed by atoms with Gasteiger partial charge in [-0.3, -0.25) is 9.59 Å². The molecule has 0 amide bonds. The first-order valence-corrected chi connectivity index (χ1v) is 6.11. The summed E-state index contributed by atoms with van der Waals surface area (Å²) in [4.78, 5) is 24.5. The second-order valence-electron chi connectivity index (χ2n) is 3.88. The first kappa shape index (κ1) is 11.7. The molecule has 0 saturated heterocycles. The minimum atomic E-state index is -0.00931. The van der Waals surface area contributed by atoms with Crippen LogP contribution in [0, 0.1) is 13.8 Å². The van der Waals surface area contributed by atoms with Gasteiger partial charge in [-0.15, -0.1) is 11.3 Å². The van der Waals surface area contributed by atoms with Crippen LogP contribution in [-0.4, -0.2) is 12.1 Å². The maximum absolute atomic E-state index is 12.3. The fourth-order valence-corrected chi connectivity index (χ4v) is 2.60. The molecular weight excluding hydrogens is 232 g/mol. The first-order chi connectivity index (χ1) is 8.13. The number of benzene rings is 1. The summed E-state index contributed by atoms with van der Waals surface area (Å²) in [6, 6.07) is 9.15. The summed E-state index contributed by atoms with van der Waals surface area (Å²) in [5, 5.41) is 0. The molecular formula is C14H12O2S. The van der Waals surface area contributed by atoms with Gasteiger partial charge >= 0.3 is 0 Å². The third-order valence-corrected chi connectivity index (χ3v) is 3.66. The van der Waals surface area contributed by atoms with E-state index in [-0.39, 0.29) is 5.78 Å². The summed E-state index contributed by atoms with van der Waals surface area (Å²) < 4.78 is 0. The van der Waals surface area contributed by atoms with Crippen molar-refractivity contribution in [3.63, 3.8) is 0 Å². The van der Waals surface area contributed by atoms with Crippen molar-refractivity contribution in [1.29, 1.82) is 0 Å². The molecule has 0 saturated carbocycles. The maximum atomic E-state index is 12.3. The van der Waals surface area contributed by atoms with E-state index in [1.165, 1.54) is 11.3 Å². The van der Waals surface area contributed by atoms with Crippen molar-refractivity contribution >= 4 is 23.4 Å². The van der Waals surface area contributed by atoms with E-state index in [0.717, 1.165) is 16.7 Å². The molecule has 0 bridgehead atoms. The molecule has 2 nitrogen and oxygen atoms in total. The van der Waals surface area contributed by atoms with Crippen molar-refractivity contribution in [2.75, 3.05) is 0 Å². The van der Waals surface area contributed by atoms with E-state index in [9.17, 15) is 9.59 Å². The Morgan fingerprint density at radius 3 is 2.47 bits per heavy atom. The molecule has 0 unspecified atom stereocenters. The Kier molecular flexibility index (Phi) is 3.20. The predicted octanol–water partition coefficient (Wildman–Crippen LogP) is 3.41. The van der Waals surface area contributed by atoms with Crippen molar-refractivity contribution in [3.8, 4) is 0 Å². The number of carbonyl (C=O) groups excluding carboxylic acids is 2. The Morgan fingerprint density at radius 1 is 1.18 bits per heavy atom. The highest BCUT2D eigenvalue weighted by Gasteiger charge is 2.16. The Bertz CT molecular complexity index is 582. The first-order valence-electron chi connectivity index (χ1n) is 5.29. The molecule has 0 radical (unpaired) electrons. The van der Waals surface area contributed by atoms with Crippen molar-refractivity contribution < 1.29 is 9.59 Å². The average Bonchev–Trinajstić information content (AvgIpc) is 2.70. The molecule has 0 aliphatic heterocycles. The van der Waals surface area contributed by atoms with Gasteiger partial charge in [0.15, 0.2) is 12.1 Å². The van der Waals surface area contributed by atoms with Crippen LogP contribution >= 0.6 is 11.3 Å². The quantitative estimate of drug-likeness (QED) is 0.612. The molecule has 1 aromatic heterocycles. The van der Waals surface area contributed by atoms with Gasteiger partial charge in [-0.1, -0.05) is 24.3 Å². The van der Waals surface area contributed by atoms with Gasteiger partial charge in [0.2, 0.25) is 0 Å². The molecule has 86 valence electrons. The molecule has 0 spiro atoms. The van der Waals surface area contributed by atoms with Crippen LogP contribution in [0.1, 0.15) is 36.0 Å². The average molecular weight is 244 g/mol. The van der Waals surface area contributed by atoms with Crippen LogP contribution in [0.3, 0.4) is 0 Å². The monoisotopic (exact) mass is 244 g/mol. The van der Waals surface area contributed by atoms with Crippen molar-refractivity contribution in [2.45, 2.75) is 13.8 Å². The second-order valence-corrected chi connectivity index (χ2v) is 5.17. The zero-order valence-electron chi connectivity index (χ0n) is 9.69. The second kappa shape index (κ2) is 4.63. The number of rotatable bonds is 3. The lowest BCUT2D eigenvalue weighted by Crippen LogP contribution is -2.03. The smallest absolute Gasteiger partial charge is 0.194 e. The Labute approximate surface area is 104 Å². The lowest BCUT2D eigenvalue weighted by molar-refractivity contribution is 0.103. The fraction of sp³-hybridized carbons (Fsp3) is 0.143. The lowest BCUT2D eigenvalue weighted by Gasteiger charge is -2.03. The topological polar surface area (TPSA) is 34.1 Å². The van der Waals surface area contributed by atoms with Crippen molar-refractivity contribution in [3.05, 3.63) is 56.8 Å². The molecule has 0 fully saturated rings. The van der Waals surface area contributed by atoms with Gasteiger partial charge < -0.3 is 0 Å². The van der Waals surface area contributed by atoms with Crippen molar-refractivity contribution in [2.24, 2.45) is 0 Å². The van der Waals surface area contributed by atoms with Crippen LogP contribution in [0.5, 0.6) is 0 Å². The van der Waals surface area contributed by atoms with E-state index in [1.807, 2.05) is 38.1 Å². The minimum Gasteiger partial charge on any atom is -0.297 e. The maximum Gasteiger partial charge on any atom is 0.194 e. The van der Waals surface area contributed by atoms with E-state index < -0.39 is 0 Å². The number of carbonyl (C=O) groups is 2. The summed E-state index contributed by atoms with van der Waals surface area (Å²) in [7, 11) is 0. The van der Waals surface area contributed by atoms with Gasteiger partial charge in [0.25, 0.3) is 0 Å². The van der Waals surface area contributed by atoms with Crippen LogP contribution in [0.4, 0.5) is 0 Å². The van der Waals surface area contributed by atoms with Crippen LogP contribution in [0.15, 0.2) is 30.3 Å². The van der Waals surface area contributed by atoms with Crippen LogP contribution in [-0.2, 0) is 0 Å². The summed E-state index contributed by atoms with van der Waals surface area (Å²) in [5.41, 5.74) is 2.29. The van der Waals surface area contributed by atoms with Gasteiger partial charge in [0.05, 0.1) is 4.88 Å². The van der Waals surface area contributed by atoms with E-state index >= 15 is 0 Å². The highest BCUT2D eigenvalue weighted by atomic mass is 32.1. The molecule has 0 N–H and O–H groups in total. The summed E-state index contributed by atoms with van der Waals surface area (Å²) in [6.45, 7) is 3.78. The zero-order chi connectivity index (χ0) is 12.4. The van der Waals surface area contributed by atoms with E-state index in [2.05, 4.69) is 0 Å². The lowest BCUT2D eigenvalue weighted by atomic mass is 10.00. The van der Waals surface area contributed by atoms with Gasteiger partial charge in [0.1, 0.15) is 0 Å². The number of aryl methyl sites for hydroxylation is 2. The van der Waals surface area contributed by atoms with E-state index in [0.29, 0.717) is 16.0 Å². The number of thiophene rings is 1. The highest BCUT2D eigenvalue weighted by Crippen LogP contribution is 2.24. The molecule has 2 rings (SSSR count). The fourth-order valence-electron chi connectivity index (χ4n) is 1.76. The number of ketones is 1. The standard InChI is InChI=1S/C14H12O2S/c1-9-5-3-4-6-12(9)14(16)13-7-11(8-15)17-10(13)2/h3-8H,1-2H3. The SMILES string of the molecule is Cc1ccccc1C(=O)c1cc(C=O)sc1C. The third-order valence-electron chi connectivity index (χ3n) is 2.69. The zero-order valence-corrected chi connectivity index (χ0v) is 10.5. The van der Waals surface area contributed by atoms with E-state index in [1.54, 1.807) is 6.07 Å². The molecule has 0 aliphatic rings. The molecule has 3 heteroatoms. The molecule has 1 aromatic carbocycles. The van der Waals surface area contributed by atoms with E-state index in [4.69, 9.17) is 0 Å². The summed E-state index contributed by atoms with van der Waals surface area (Å²) >= 11 is 1.35. The van der Waals surface area contributed by atoms with Crippen LogP contribution < -0.4 is 0 Å². The van der Waals surface area contributed by atoms with Gasteiger partial charge in [0, 0.05) is 16.0 Å². The summed E-state index contributed by atoms with van der Waals surface area (Å²) in [5.74, 6) is -0.00931. The predicted molar refractivity (Wildman–Crippen MR) is 69.1 cm³/mol. The molecule has 17 heavy (non-hydrogen) atoms. The van der Waals surface area contributed by atoms with Crippen molar-refractivity contribution in [1.82, 2.24) is 0 Å². The molecule has 2 aromatic rings. The Morgan fingerprint density at radius 2 is 1.88 bits per heavy atom. The minimum absolute atomic E-state index is 0.00931. The summed E-state index contributed by atoms with van der Waals surface area (Å²) in [6.07, 6.45) is 0.784. The number of hydrogen-bond acceptors (Lipinski definition) is 3.